The first-order valence-electron chi connectivity index (χ1n) is 15.5. The molecule has 2 aromatic heterocycles. The molecule has 0 saturated carbocycles. The van der Waals surface area contributed by atoms with Gasteiger partial charge in [0.05, 0.1) is 6.33 Å². The van der Waals surface area contributed by atoms with Crippen molar-refractivity contribution in [3.8, 4) is 0 Å². The van der Waals surface area contributed by atoms with E-state index >= 15 is 0 Å². The molecule has 0 aliphatic heterocycles. The lowest BCUT2D eigenvalue weighted by atomic mass is 10.1. The lowest BCUT2D eigenvalue weighted by Gasteiger charge is -1.99. The van der Waals surface area contributed by atoms with E-state index in [1.165, 1.54) is 24.3 Å². The second-order valence-corrected chi connectivity index (χ2v) is 11.8. The SMILES string of the molecule is C.CPC.Fc1ccccc1Cc1c[nH]c(=S)[nH]1.Fc1ccccc1Cc1cnc[nH]1.O=CCc1ccccc1F.OCCc1ccccc1F. The second kappa shape index (κ2) is 26.2. The fourth-order valence-corrected chi connectivity index (χ4v) is 4.31. The first-order valence-corrected chi connectivity index (χ1v) is 17.9. The predicted molar refractivity (Wildman–Crippen MR) is 203 cm³/mol. The molecule has 0 unspecified atom stereocenters. The van der Waals surface area contributed by atoms with Crippen LogP contribution in [0.4, 0.5) is 17.6 Å². The van der Waals surface area contributed by atoms with E-state index in [0.29, 0.717) is 52.6 Å². The number of carbonyl (C=O) groups excluding carboxylic acids is 1. The van der Waals surface area contributed by atoms with E-state index in [0.717, 1.165) is 20.0 Å². The minimum Gasteiger partial charge on any atom is -0.396 e. The van der Waals surface area contributed by atoms with Crippen molar-refractivity contribution >= 4 is 27.1 Å². The quantitative estimate of drug-likeness (QED) is 0.0541. The van der Waals surface area contributed by atoms with Crippen LogP contribution in [0.1, 0.15) is 41.1 Å². The van der Waals surface area contributed by atoms with Gasteiger partial charge in [-0.3, -0.25) is 0 Å². The van der Waals surface area contributed by atoms with Crippen LogP contribution < -0.4 is 0 Å². The predicted octanol–water partition coefficient (Wildman–Crippen LogP) is 9.43. The normalized spacial score (nSPS) is 9.55. The van der Waals surface area contributed by atoms with E-state index in [-0.39, 0.29) is 43.7 Å². The number of aromatic amines is 3. The Kier molecular flexibility index (Phi) is 22.7. The molecule has 51 heavy (non-hydrogen) atoms. The highest BCUT2D eigenvalue weighted by molar-refractivity contribution is 7.71. The minimum absolute atomic E-state index is 0. The minimum atomic E-state index is -0.311. The van der Waals surface area contributed by atoms with Gasteiger partial charge in [0, 0.05) is 49.7 Å². The largest absolute Gasteiger partial charge is 0.396 e. The molecule has 0 amide bonds. The van der Waals surface area contributed by atoms with E-state index in [2.05, 4.69) is 33.3 Å². The molecule has 0 radical (unpaired) electrons. The van der Waals surface area contributed by atoms with Crippen LogP contribution in [0, 0.1) is 28.0 Å². The van der Waals surface area contributed by atoms with Gasteiger partial charge in [0.2, 0.25) is 0 Å². The van der Waals surface area contributed by atoms with E-state index in [1.807, 2.05) is 12.1 Å². The third-order valence-corrected chi connectivity index (χ3v) is 6.70. The number of nitrogens with zero attached hydrogens (tertiary/aromatic N) is 1. The van der Waals surface area contributed by atoms with Crippen molar-refractivity contribution in [2.45, 2.75) is 33.1 Å². The number of aromatic nitrogens is 4. The number of H-pyrrole nitrogens is 3. The van der Waals surface area contributed by atoms with Gasteiger partial charge in [0.1, 0.15) is 29.6 Å². The Morgan fingerprint density at radius 1 is 0.706 bits per heavy atom. The Hall–Kier alpha value is -4.70. The molecule has 0 atom stereocenters. The summed E-state index contributed by atoms with van der Waals surface area (Å²) in [4.78, 5) is 22.6. The van der Waals surface area contributed by atoms with Crippen molar-refractivity contribution < 1.29 is 27.5 Å². The van der Waals surface area contributed by atoms with Gasteiger partial charge < -0.3 is 24.9 Å². The van der Waals surface area contributed by atoms with E-state index in [4.69, 9.17) is 17.3 Å². The number of aliphatic hydroxyl groups is 1. The van der Waals surface area contributed by atoms with Gasteiger partial charge >= 0.3 is 0 Å². The summed E-state index contributed by atoms with van der Waals surface area (Å²) in [5.41, 5.74) is 4.19. The van der Waals surface area contributed by atoms with Crippen LogP contribution in [0.3, 0.4) is 0 Å². The van der Waals surface area contributed by atoms with Crippen molar-refractivity contribution in [2.24, 2.45) is 0 Å². The number of hydrogen-bond donors (Lipinski definition) is 4. The van der Waals surface area contributed by atoms with Gasteiger partial charge in [-0.15, -0.1) is 8.58 Å². The zero-order chi connectivity index (χ0) is 36.6. The first kappa shape index (κ1) is 44.3. The summed E-state index contributed by atoms with van der Waals surface area (Å²) in [7, 11) is 1.08. The standard InChI is InChI=1S/C10H9FN2S.C10H9FN2.C8H9FO.C8H7FO.C2H7P.CH4/c11-9-4-2-1-3-7(9)5-8-6-12-10(14)13-8;11-10-4-2-1-3-8(10)5-9-6-12-7-13-9;2*9-8-4-2-1-3-7(8)5-6-10;1-3-2;/h1-4,6H,5H2,(H2,12,13,14);1-4,6-7H,5H2,(H,12,13);1-4,10H,5-6H2;1-4,6H,5H2;3H,1-2H3;1H4. The van der Waals surface area contributed by atoms with Gasteiger partial charge in [0.25, 0.3) is 0 Å². The maximum Gasteiger partial charge on any atom is 0.174 e. The highest BCUT2D eigenvalue weighted by Crippen LogP contribution is 2.12. The fraction of sp³-hybridized carbons (Fsp3) is 0.205. The molecule has 4 aromatic carbocycles. The topological polar surface area (TPSA) is 97.6 Å². The maximum atomic E-state index is 13.2. The second-order valence-electron chi connectivity index (χ2n) is 10.4. The molecule has 272 valence electrons. The summed E-state index contributed by atoms with van der Waals surface area (Å²) in [5, 5.41) is 8.48. The molecule has 0 fully saturated rings. The van der Waals surface area contributed by atoms with Crippen LogP contribution in [0.25, 0.3) is 0 Å². The zero-order valence-electron chi connectivity index (χ0n) is 27.8. The molecule has 6 nitrogen and oxygen atoms in total. The van der Waals surface area contributed by atoms with E-state index in [1.54, 1.807) is 79.4 Å². The molecule has 6 aromatic rings. The molecule has 0 aliphatic rings. The number of rotatable bonds is 8. The highest BCUT2D eigenvalue weighted by Gasteiger charge is 2.03. The molecule has 2 heterocycles. The average Bonchev–Trinajstić information content (AvgIpc) is 3.78. The average molecular weight is 741 g/mol. The zero-order valence-corrected chi connectivity index (χ0v) is 29.6. The summed E-state index contributed by atoms with van der Waals surface area (Å²) in [5.74, 6) is -0.906. The van der Waals surface area contributed by atoms with E-state index in [9.17, 15) is 22.4 Å². The first-order chi connectivity index (χ1) is 24.2. The van der Waals surface area contributed by atoms with Crippen LogP contribution in [-0.4, -0.2) is 51.3 Å². The Bertz CT molecular complexity index is 1870. The van der Waals surface area contributed by atoms with Crippen molar-refractivity contribution in [3.63, 3.8) is 0 Å². The van der Waals surface area contributed by atoms with Crippen molar-refractivity contribution in [1.29, 1.82) is 0 Å². The van der Waals surface area contributed by atoms with Gasteiger partial charge in [-0.05, 0) is 78.5 Å². The fourth-order valence-electron chi connectivity index (χ4n) is 4.12. The number of hydrogen-bond acceptors (Lipinski definition) is 4. The van der Waals surface area contributed by atoms with Crippen LogP contribution in [0.2, 0.25) is 0 Å². The van der Waals surface area contributed by atoms with Crippen LogP contribution >= 0.6 is 20.8 Å². The molecule has 0 spiro atoms. The number of imidazole rings is 2. The summed E-state index contributed by atoms with van der Waals surface area (Å²) < 4.78 is 52.2. The lowest BCUT2D eigenvalue weighted by Crippen LogP contribution is -1.93. The Labute approximate surface area is 304 Å². The number of aldehydes is 1. The number of aliphatic hydroxyl groups excluding tert-OH is 1. The third kappa shape index (κ3) is 17.7. The highest BCUT2D eigenvalue weighted by atomic mass is 32.1. The molecule has 0 aliphatic carbocycles. The third-order valence-electron chi connectivity index (χ3n) is 6.48. The van der Waals surface area contributed by atoms with Crippen molar-refractivity contribution in [3.05, 3.63) is 177 Å². The summed E-state index contributed by atoms with van der Waals surface area (Å²) in [6.07, 6.45) is 7.39. The molecule has 4 N–H and O–H groups in total. The molecular weight excluding hydrogens is 695 g/mol. The molecular formula is C39H45F4N4O2PS. The maximum absolute atomic E-state index is 13.2. The summed E-state index contributed by atoms with van der Waals surface area (Å²) >= 11 is 4.88. The smallest absolute Gasteiger partial charge is 0.174 e. The van der Waals surface area contributed by atoms with Gasteiger partial charge in [-0.25, -0.2) is 22.5 Å². The summed E-state index contributed by atoms with van der Waals surface area (Å²) in [6, 6.07) is 26.2. The number of nitrogens with one attached hydrogen (secondary N) is 3. The van der Waals surface area contributed by atoms with Crippen molar-refractivity contribution in [2.75, 3.05) is 19.9 Å². The van der Waals surface area contributed by atoms with E-state index < -0.39 is 0 Å². The van der Waals surface area contributed by atoms with Gasteiger partial charge in [-0.1, -0.05) is 80.2 Å². The van der Waals surface area contributed by atoms with Crippen LogP contribution in [0.5, 0.6) is 0 Å². The number of carbonyl (C=O) groups is 1. The van der Waals surface area contributed by atoms with Crippen molar-refractivity contribution in [1.82, 2.24) is 19.9 Å². The monoisotopic (exact) mass is 740 g/mol. The molecule has 6 rings (SSSR count). The Balaban J connectivity index is 0.000000332. The lowest BCUT2D eigenvalue weighted by molar-refractivity contribution is -0.107. The Morgan fingerprint density at radius 2 is 1.14 bits per heavy atom. The number of halogens is 4. The number of benzene rings is 4. The van der Waals surface area contributed by atoms with Crippen LogP contribution in [0.15, 0.2) is 116 Å². The summed E-state index contributed by atoms with van der Waals surface area (Å²) in [6.45, 7) is 4.31. The molecule has 0 bridgehead atoms. The Morgan fingerprint density at radius 3 is 1.51 bits per heavy atom. The van der Waals surface area contributed by atoms with Gasteiger partial charge in [0.15, 0.2) is 4.77 Å². The molecule has 12 heteroatoms. The molecule has 0 saturated heterocycles. The van der Waals surface area contributed by atoms with Gasteiger partial charge in [-0.2, -0.15) is 0 Å². The van der Waals surface area contributed by atoms with Crippen LogP contribution in [-0.2, 0) is 30.5 Å².